The normalized spacial score (nSPS) is 17.4. The monoisotopic (exact) mass is 448 g/mol. The van der Waals surface area contributed by atoms with E-state index in [1.807, 2.05) is 24.3 Å². The lowest BCUT2D eigenvalue weighted by Gasteiger charge is -2.21. The summed E-state index contributed by atoms with van der Waals surface area (Å²) in [5.41, 5.74) is 3.88. The summed E-state index contributed by atoms with van der Waals surface area (Å²) in [5.74, 6) is 0.867. The second-order valence-corrected chi connectivity index (χ2v) is 9.73. The minimum atomic E-state index is -0.0323. The predicted octanol–water partition coefficient (Wildman–Crippen LogP) is 3.92. The zero-order valence-electron chi connectivity index (χ0n) is 18.2. The predicted molar refractivity (Wildman–Crippen MR) is 128 cm³/mol. The van der Waals surface area contributed by atoms with Gasteiger partial charge >= 0.3 is 0 Å². The lowest BCUT2D eigenvalue weighted by atomic mass is 10.1. The van der Waals surface area contributed by atoms with Gasteiger partial charge in [0.25, 0.3) is 0 Å². The van der Waals surface area contributed by atoms with E-state index in [2.05, 4.69) is 26.2 Å². The van der Waals surface area contributed by atoms with Crippen molar-refractivity contribution in [2.45, 2.75) is 38.5 Å². The van der Waals surface area contributed by atoms with E-state index in [0.29, 0.717) is 12.1 Å². The van der Waals surface area contributed by atoms with E-state index < -0.39 is 0 Å². The van der Waals surface area contributed by atoms with Crippen LogP contribution >= 0.6 is 11.3 Å². The molecule has 2 aromatic heterocycles. The highest BCUT2D eigenvalue weighted by atomic mass is 32.1. The Balaban J connectivity index is 1.21. The molecule has 0 atom stereocenters. The van der Waals surface area contributed by atoms with Gasteiger partial charge < -0.3 is 15.2 Å². The Bertz CT molecular complexity index is 1130. The van der Waals surface area contributed by atoms with Gasteiger partial charge in [-0.05, 0) is 49.8 Å². The molecule has 2 aliphatic rings. The number of hydrogen-bond acceptors (Lipinski definition) is 6. The van der Waals surface area contributed by atoms with Gasteiger partial charge in [0.1, 0.15) is 11.1 Å². The number of aromatic nitrogens is 2. The van der Waals surface area contributed by atoms with Crippen LogP contribution in [-0.2, 0) is 17.6 Å². The van der Waals surface area contributed by atoms with Crippen LogP contribution < -0.4 is 10.2 Å². The summed E-state index contributed by atoms with van der Waals surface area (Å²) < 4.78 is 0. The summed E-state index contributed by atoms with van der Waals surface area (Å²) >= 11 is 1.60. The van der Waals surface area contributed by atoms with E-state index in [9.17, 15) is 10.1 Å². The number of nitrogens with one attached hydrogen (secondary N) is 2. The molecule has 0 unspecified atom stereocenters. The first kappa shape index (κ1) is 21.0. The maximum atomic E-state index is 12.8. The van der Waals surface area contributed by atoms with Crippen molar-refractivity contribution in [1.29, 1.82) is 5.26 Å². The highest BCUT2D eigenvalue weighted by Crippen LogP contribution is 2.37. The van der Waals surface area contributed by atoms with Crippen molar-refractivity contribution in [2.75, 3.05) is 42.9 Å². The summed E-state index contributed by atoms with van der Waals surface area (Å²) in [7, 11) is 0. The zero-order chi connectivity index (χ0) is 21.9. The Morgan fingerprint density at radius 3 is 2.88 bits per heavy atom. The van der Waals surface area contributed by atoms with E-state index in [1.165, 1.54) is 23.3 Å². The molecular weight excluding hydrogens is 420 g/mol. The quantitative estimate of drug-likeness (QED) is 0.591. The molecule has 1 aromatic carbocycles. The number of benzene rings is 1. The van der Waals surface area contributed by atoms with Crippen LogP contribution in [0.5, 0.6) is 0 Å². The van der Waals surface area contributed by atoms with E-state index in [1.54, 1.807) is 11.3 Å². The van der Waals surface area contributed by atoms with Crippen LogP contribution in [0.4, 0.5) is 10.9 Å². The second-order valence-electron chi connectivity index (χ2n) is 8.62. The first-order valence-corrected chi connectivity index (χ1v) is 12.3. The molecule has 8 heteroatoms. The van der Waals surface area contributed by atoms with Gasteiger partial charge in [0.05, 0.1) is 23.1 Å². The lowest BCUT2D eigenvalue weighted by molar-refractivity contribution is -0.117. The molecule has 1 amide bonds. The third-order valence-corrected chi connectivity index (χ3v) is 7.63. The third kappa shape index (κ3) is 4.36. The fraction of sp³-hybridized carbons (Fsp3) is 0.458. The maximum absolute atomic E-state index is 12.8. The summed E-state index contributed by atoms with van der Waals surface area (Å²) in [4.78, 5) is 26.7. The lowest BCUT2D eigenvalue weighted by Crippen LogP contribution is -2.36. The molecule has 5 rings (SSSR count). The third-order valence-electron chi connectivity index (χ3n) is 6.42. The molecule has 1 aliphatic heterocycles. The van der Waals surface area contributed by atoms with Crippen molar-refractivity contribution in [3.05, 3.63) is 40.3 Å². The van der Waals surface area contributed by atoms with Crippen molar-refractivity contribution >= 4 is 39.2 Å². The van der Waals surface area contributed by atoms with Crippen LogP contribution in [0.2, 0.25) is 0 Å². The maximum Gasteiger partial charge on any atom is 0.239 e. The number of nitrogens with zero attached hydrogens (tertiary/aromatic N) is 4. The van der Waals surface area contributed by atoms with Gasteiger partial charge in [0.2, 0.25) is 11.9 Å². The number of para-hydroxylation sites is 2. The Labute approximate surface area is 192 Å². The molecule has 0 radical (unpaired) electrons. The average molecular weight is 449 g/mol. The van der Waals surface area contributed by atoms with Gasteiger partial charge in [0, 0.05) is 31.1 Å². The number of aryl methyl sites for hydroxylation is 1. The summed E-state index contributed by atoms with van der Waals surface area (Å²) in [6.07, 6.45) is 6.46. The Kier molecular flexibility index (Phi) is 6.10. The number of carbonyl (C=O) groups excluding carboxylic acids is 1. The fourth-order valence-electron chi connectivity index (χ4n) is 4.75. The molecule has 1 fully saturated rings. The van der Waals surface area contributed by atoms with Gasteiger partial charge in [0.15, 0.2) is 0 Å². The van der Waals surface area contributed by atoms with E-state index in [4.69, 9.17) is 4.98 Å². The van der Waals surface area contributed by atoms with Gasteiger partial charge in [-0.3, -0.25) is 9.69 Å². The van der Waals surface area contributed by atoms with Crippen LogP contribution in [0, 0.1) is 11.3 Å². The minimum Gasteiger partial charge on any atom is -0.341 e. The molecule has 32 heavy (non-hydrogen) atoms. The van der Waals surface area contributed by atoms with E-state index in [-0.39, 0.29) is 5.91 Å². The Hall–Kier alpha value is -2.89. The number of imidazole rings is 1. The van der Waals surface area contributed by atoms with E-state index in [0.717, 1.165) is 73.8 Å². The number of fused-ring (bicyclic) bond motifs is 2. The molecular formula is C24H28N6OS. The Morgan fingerprint density at radius 1 is 1.12 bits per heavy atom. The Morgan fingerprint density at radius 2 is 2.00 bits per heavy atom. The van der Waals surface area contributed by atoms with Crippen LogP contribution in [0.1, 0.15) is 41.7 Å². The summed E-state index contributed by atoms with van der Waals surface area (Å²) in [6, 6.07) is 10.4. The number of aromatic amines is 1. The second kappa shape index (κ2) is 9.31. The first-order chi connectivity index (χ1) is 15.7. The van der Waals surface area contributed by atoms with Crippen LogP contribution in [0.25, 0.3) is 11.0 Å². The van der Waals surface area contributed by atoms with Gasteiger partial charge in [-0.2, -0.15) is 5.26 Å². The number of nitriles is 1. The van der Waals surface area contributed by atoms with Crippen molar-refractivity contribution < 1.29 is 4.79 Å². The number of carbonyl (C=O) groups is 1. The molecule has 7 nitrogen and oxygen atoms in total. The summed E-state index contributed by atoms with van der Waals surface area (Å²) in [6.45, 7) is 3.76. The zero-order valence-corrected chi connectivity index (χ0v) is 19.0. The topological polar surface area (TPSA) is 88.1 Å². The fourth-order valence-corrected chi connectivity index (χ4v) is 6.00. The van der Waals surface area contributed by atoms with Gasteiger partial charge in [-0.15, -0.1) is 11.3 Å². The molecule has 1 aliphatic carbocycles. The largest absolute Gasteiger partial charge is 0.341 e. The number of amides is 1. The molecule has 2 N–H and O–H groups in total. The minimum absolute atomic E-state index is 0.0323. The molecule has 0 bridgehead atoms. The van der Waals surface area contributed by atoms with Crippen molar-refractivity contribution in [3.63, 3.8) is 0 Å². The SMILES string of the molecule is N#Cc1c(NC(=O)CN2CCCN(c3nc4ccccc4[nH]3)CC2)sc2c1CCCCC2. The van der Waals surface area contributed by atoms with Gasteiger partial charge in [-0.25, -0.2) is 4.98 Å². The average Bonchev–Trinajstić information content (AvgIpc) is 3.16. The molecule has 1 saturated heterocycles. The highest BCUT2D eigenvalue weighted by Gasteiger charge is 2.23. The molecule has 0 spiro atoms. The first-order valence-electron chi connectivity index (χ1n) is 11.5. The number of thiophene rings is 1. The number of rotatable bonds is 4. The van der Waals surface area contributed by atoms with Crippen molar-refractivity contribution in [2.24, 2.45) is 0 Å². The van der Waals surface area contributed by atoms with Gasteiger partial charge in [-0.1, -0.05) is 18.6 Å². The smallest absolute Gasteiger partial charge is 0.239 e. The molecule has 3 heterocycles. The number of anilines is 2. The highest BCUT2D eigenvalue weighted by molar-refractivity contribution is 7.16. The number of H-pyrrole nitrogens is 1. The standard InChI is InChI=1S/C24H28N6OS/c25-15-18-17-7-2-1-3-10-21(17)32-23(18)28-22(31)16-29-11-6-12-30(14-13-29)24-26-19-8-4-5-9-20(19)27-24/h4-5,8-9H,1-3,6-7,10-14,16H2,(H,26,27)(H,28,31). The summed E-state index contributed by atoms with van der Waals surface area (Å²) in [5, 5.41) is 13.5. The van der Waals surface area contributed by atoms with E-state index >= 15 is 0 Å². The number of hydrogen-bond donors (Lipinski definition) is 2. The van der Waals surface area contributed by atoms with Crippen LogP contribution in [-0.4, -0.2) is 53.5 Å². The molecule has 166 valence electrons. The van der Waals surface area contributed by atoms with Crippen molar-refractivity contribution in [1.82, 2.24) is 14.9 Å². The molecule has 0 saturated carbocycles. The van der Waals surface area contributed by atoms with Crippen LogP contribution in [0.15, 0.2) is 24.3 Å². The van der Waals surface area contributed by atoms with Crippen molar-refractivity contribution in [3.8, 4) is 6.07 Å². The molecule has 3 aromatic rings. The van der Waals surface area contributed by atoms with Crippen LogP contribution in [0.3, 0.4) is 0 Å².